The number of rotatable bonds is 4. The van der Waals surface area contributed by atoms with Gasteiger partial charge in [0, 0.05) is 6.61 Å². The van der Waals surface area contributed by atoms with Crippen LogP contribution in [0.4, 0.5) is 0 Å². The normalized spacial score (nSPS) is 15.3. The zero-order valence-electron chi connectivity index (χ0n) is 6.24. The van der Waals surface area contributed by atoms with Crippen LogP contribution in [0.15, 0.2) is 0 Å². The zero-order chi connectivity index (χ0) is 8.20. The van der Waals surface area contributed by atoms with Gasteiger partial charge in [0.15, 0.2) is 0 Å². The van der Waals surface area contributed by atoms with Gasteiger partial charge in [-0.05, 0) is 13.3 Å². The van der Waals surface area contributed by atoms with Crippen LogP contribution >= 0.6 is 0 Å². The number of aliphatic hydroxyl groups excluding tert-OH is 1. The largest absolute Gasteiger partial charge is 0.385 e. The third kappa shape index (κ3) is 2.62. The van der Waals surface area contributed by atoms with Crippen LogP contribution in [0.3, 0.4) is 0 Å². The van der Waals surface area contributed by atoms with Crippen LogP contribution in [0.2, 0.25) is 0 Å². The average Bonchev–Trinajstić information content (AvgIpc) is 1.86. The summed E-state index contributed by atoms with van der Waals surface area (Å²) in [7, 11) is 0. The molecule has 0 aliphatic heterocycles. The summed E-state index contributed by atoms with van der Waals surface area (Å²) < 4.78 is 4.44. The second-order valence-corrected chi connectivity index (χ2v) is 2.02. The quantitative estimate of drug-likeness (QED) is 0.469. The van der Waals surface area contributed by atoms with Crippen LogP contribution in [-0.2, 0) is 4.74 Å². The average molecular weight is 150 g/mol. The Labute approximate surface area is 60.1 Å². The Morgan fingerprint density at radius 3 is 2.20 bits per heavy atom. The van der Waals surface area contributed by atoms with E-state index in [0.29, 0.717) is 0 Å². The third-order valence-corrected chi connectivity index (χ3v) is 1.18. The predicted molar refractivity (Wildman–Crippen MR) is 35.1 cm³/mol. The summed E-state index contributed by atoms with van der Waals surface area (Å²) in [6, 6.07) is 0. The summed E-state index contributed by atoms with van der Waals surface area (Å²) in [6.45, 7) is 3.40. The summed E-state index contributed by atoms with van der Waals surface area (Å²) >= 11 is 0. The smallest absolute Gasteiger partial charge is 0.305 e. The lowest BCUT2D eigenvalue weighted by atomic mass is 10.2. The molecule has 0 radical (unpaired) electrons. The Kier molecular flexibility index (Phi) is 3.81. The fraction of sp³-hybridized carbons (Fsp3) is 1.00. The lowest BCUT2D eigenvalue weighted by Crippen LogP contribution is -2.44. The summed E-state index contributed by atoms with van der Waals surface area (Å²) in [6.07, 6.45) is -1.00. The molecule has 0 saturated carbocycles. The Morgan fingerprint density at radius 1 is 1.40 bits per heavy atom. The van der Waals surface area contributed by atoms with E-state index in [-0.39, 0.29) is 13.0 Å². The van der Waals surface area contributed by atoms with Gasteiger partial charge >= 0.3 is 5.97 Å². The molecule has 10 heavy (non-hydrogen) atoms. The first-order chi connectivity index (χ1) is 4.54. The molecule has 3 N–H and O–H groups in total. The van der Waals surface area contributed by atoms with Gasteiger partial charge in [-0.2, -0.15) is 0 Å². The van der Waals surface area contributed by atoms with Crippen LogP contribution in [0, 0.1) is 0 Å². The SMILES string of the molecule is CCOC(O)(O)C(O)CC. The lowest BCUT2D eigenvalue weighted by Gasteiger charge is -2.25. The van der Waals surface area contributed by atoms with Crippen molar-refractivity contribution in [1.29, 1.82) is 0 Å². The summed E-state index contributed by atoms with van der Waals surface area (Å²) in [5.74, 6) is -2.39. The molecular formula is C6H14O4. The van der Waals surface area contributed by atoms with E-state index in [1.807, 2.05) is 0 Å². The Morgan fingerprint density at radius 2 is 1.90 bits per heavy atom. The Balaban J connectivity index is 3.82. The van der Waals surface area contributed by atoms with E-state index in [4.69, 9.17) is 15.3 Å². The van der Waals surface area contributed by atoms with E-state index in [9.17, 15) is 0 Å². The first-order valence-corrected chi connectivity index (χ1v) is 3.31. The topological polar surface area (TPSA) is 69.9 Å². The molecule has 0 bridgehead atoms. The minimum absolute atomic E-state index is 0.157. The van der Waals surface area contributed by atoms with Gasteiger partial charge in [0.05, 0.1) is 0 Å². The highest BCUT2D eigenvalue weighted by Gasteiger charge is 2.32. The van der Waals surface area contributed by atoms with Crippen molar-refractivity contribution < 1.29 is 20.1 Å². The molecular weight excluding hydrogens is 136 g/mol. The molecule has 62 valence electrons. The molecule has 1 unspecified atom stereocenters. The van der Waals surface area contributed by atoms with Crippen LogP contribution < -0.4 is 0 Å². The summed E-state index contributed by atoms with van der Waals surface area (Å²) in [5.41, 5.74) is 0. The van der Waals surface area contributed by atoms with Crippen molar-refractivity contribution in [3.05, 3.63) is 0 Å². The van der Waals surface area contributed by atoms with E-state index in [1.54, 1.807) is 13.8 Å². The summed E-state index contributed by atoms with van der Waals surface area (Å²) in [4.78, 5) is 0. The molecule has 0 aliphatic rings. The van der Waals surface area contributed by atoms with Gasteiger partial charge in [0.1, 0.15) is 6.10 Å². The zero-order valence-corrected chi connectivity index (χ0v) is 6.24. The van der Waals surface area contributed by atoms with Gasteiger partial charge in [0.25, 0.3) is 0 Å². The van der Waals surface area contributed by atoms with E-state index in [1.165, 1.54) is 0 Å². The second kappa shape index (κ2) is 3.88. The maximum Gasteiger partial charge on any atom is 0.305 e. The van der Waals surface area contributed by atoms with Gasteiger partial charge in [-0.15, -0.1) is 0 Å². The highest BCUT2D eigenvalue weighted by molar-refractivity contribution is 4.62. The monoisotopic (exact) mass is 150 g/mol. The number of hydrogen-bond donors (Lipinski definition) is 3. The van der Waals surface area contributed by atoms with E-state index in [2.05, 4.69) is 4.74 Å². The van der Waals surface area contributed by atoms with Crippen LogP contribution in [0.5, 0.6) is 0 Å². The van der Waals surface area contributed by atoms with Crippen molar-refractivity contribution >= 4 is 0 Å². The fourth-order valence-corrected chi connectivity index (χ4v) is 0.575. The molecule has 0 saturated heterocycles. The van der Waals surface area contributed by atoms with Gasteiger partial charge in [0.2, 0.25) is 0 Å². The van der Waals surface area contributed by atoms with Crippen LogP contribution in [0.25, 0.3) is 0 Å². The third-order valence-electron chi connectivity index (χ3n) is 1.18. The van der Waals surface area contributed by atoms with E-state index < -0.39 is 12.1 Å². The van der Waals surface area contributed by atoms with Crippen molar-refractivity contribution in [2.24, 2.45) is 0 Å². The van der Waals surface area contributed by atoms with E-state index >= 15 is 0 Å². The Bertz CT molecular complexity index is 91.7. The van der Waals surface area contributed by atoms with Crippen LogP contribution in [0.1, 0.15) is 20.3 Å². The molecule has 0 fully saturated rings. The number of ether oxygens (including phenoxy) is 1. The van der Waals surface area contributed by atoms with Gasteiger partial charge in [-0.3, -0.25) is 0 Å². The lowest BCUT2D eigenvalue weighted by molar-refractivity contribution is -0.375. The molecule has 0 aliphatic carbocycles. The first kappa shape index (κ1) is 9.84. The van der Waals surface area contributed by atoms with Crippen LogP contribution in [-0.4, -0.2) is 34.0 Å². The second-order valence-electron chi connectivity index (χ2n) is 2.02. The molecule has 0 heterocycles. The standard InChI is InChI=1S/C6H14O4/c1-3-5(7)6(8,9)10-4-2/h5,7-9H,3-4H2,1-2H3. The first-order valence-electron chi connectivity index (χ1n) is 3.31. The van der Waals surface area contributed by atoms with Crippen molar-refractivity contribution in [3.8, 4) is 0 Å². The number of aliphatic hydroxyl groups is 3. The molecule has 4 heteroatoms. The minimum Gasteiger partial charge on any atom is -0.385 e. The highest BCUT2D eigenvalue weighted by atomic mass is 16.8. The van der Waals surface area contributed by atoms with Crippen molar-refractivity contribution in [2.45, 2.75) is 32.3 Å². The van der Waals surface area contributed by atoms with Gasteiger partial charge < -0.3 is 20.1 Å². The molecule has 1 atom stereocenters. The van der Waals surface area contributed by atoms with Crippen molar-refractivity contribution in [1.82, 2.24) is 0 Å². The summed E-state index contributed by atoms with van der Waals surface area (Å²) in [5, 5.41) is 26.6. The molecule has 0 amide bonds. The Hall–Kier alpha value is -0.160. The predicted octanol–water partition coefficient (Wildman–Crippen LogP) is -0.568. The molecule has 0 aromatic carbocycles. The molecule has 0 aromatic rings. The highest BCUT2D eigenvalue weighted by Crippen LogP contribution is 2.10. The maximum absolute atomic E-state index is 8.89. The van der Waals surface area contributed by atoms with E-state index in [0.717, 1.165) is 0 Å². The molecule has 0 spiro atoms. The van der Waals surface area contributed by atoms with Gasteiger partial charge in [-0.25, -0.2) is 0 Å². The molecule has 0 aromatic heterocycles. The minimum atomic E-state index is -2.39. The fourth-order valence-electron chi connectivity index (χ4n) is 0.575. The van der Waals surface area contributed by atoms with Gasteiger partial charge in [-0.1, -0.05) is 6.92 Å². The van der Waals surface area contributed by atoms with Crippen molar-refractivity contribution in [2.75, 3.05) is 6.61 Å². The molecule has 4 nitrogen and oxygen atoms in total. The maximum atomic E-state index is 8.89. The number of hydrogen-bond acceptors (Lipinski definition) is 4. The molecule has 0 rings (SSSR count). The van der Waals surface area contributed by atoms with Crippen molar-refractivity contribution in [3.63, 3.8) is 0 Å².